The van der Waals surface area contributed by atoms with Gasteiger partial charge in [0, 0.05) is 24.5 Å². The largest absolute Gasteiger partial charge is 0.335 e. The van der Waals surface area contributed by atoms with E-state index in [1.165, 1.54) is 12.1 Å². The second kappa shape index (κ2) is 8.84. The molecule has 5 heterocycles. The van der Waals surface area contributed by atoms with Crippen molar-refractivity contribution < 1.29 is 12.8 Å². The SMILES string of the molecule is CS(=O)(=O)NCc1cc(F)cc(-c2ccnc3nc(-c4n[nH]c5ccc(-c6ccccn6)nc45)[nH]c23)c1. The molecule has 0 spiro atoms. The summed E-state index contributed by atoms with van der Waals surface area (Å²) in [6.07, 6.45) is 4.35. The molecule has 0 saturated heterocycles. The molecule has 12 heteroatoms. The average Bonchev–Trinajstić information content (AvgIpc) is 3.51. The fourth-order valence-electron chi connectivity index (χ4n) is 4.11. The molecule has 37 heavy (non-hydrogen) atoms. The van der Waals surface area contributed by atoms with E-state index in [-0.39, 0.29) is 6.54 Å². The maximum absolute atomic E-state index is 14.5. The van der Waals surface area contributed by atoms with Gasteiger partial charge in [-0.2, -0.15) is 5.10 Å². The number of rotatable bonds is 6. The summed E-state index contributed by atoms with van der Waals surface area (Å²) in [5.74, 6) is -0.0423. The summed E-state index contributed by atoms with van der Waals surface area (Å²) in [6.45, 7) is -0.0322. The molecule has 6 aromatic rings. The van der Waals surface area contributed by atoms with E-state index in [9.17, 15) is 12.8 Å². The molecule has 5 aromatic heterocycles. The molecule has 0 amide bonds. The van der Waals surface area contributed by atoms with Crippen molar-refractivity contribution in [3.8, 4) is 34.0 Å². The lowest BCUT2D eigenvalue weighted by Crippen LogP contribution is -2.21. The number of halogens is 1. The predicted molar refractivity (Wildman–Crippen MR) is 137 cm³/mol. The van der Waals surface area contributed by atoms with Gasteiger partial charge in [-0.15, -0.1) is 0 Å². The van der Waals surface area contributed by atoms with E-state index in [0.29, 0.717) is 50.6 Å². The van der Waals surface area contributed by atoms with Crippen molar-refractivity contribution in [2.45, 2.75) is 6.54 Å². The third-order valence-electron chi connectivity index (χ3n) is 5.76. The van der Waals surface area contributed by atoms with Gasteiger partial charge in [-0.05, 0) is 59.7 Å². The van der Waals surface area contributed by atoms with Crippen LogP contribution in [0, 0.1) is 5.82 Å². The molecule has 0 unspecified atom stereocenters. The van der Waals surface area contributed by atoms with Gasteiger partial charge >= 0.3 is 0 Å². The lowest BCUT2D eigenvalue weighted by Gasteiger charge is -2.08. The van der Waals surface area contributed by atoms with Crippen LogP contribution in [-0.2, 0) is 16.6 Å². The first-order valence-electron chi connectivity index (χ1n) is 11.2. The number of imidazole rings is 1. The Kier molecular flexibility index (Phi) is 5.46. The first kappa shape index (κ1) is 22.9. The normalized spacial score (nSPS) is 11.9. The summed E-state index contributed by atoms with van der Waals surface area (Å²) in [7, 11) is -3.43. The predicted octanol–water partition coefficient (Wildman–Crippen LogP) is 3.81. The van der Waals surface area contributed by atoms with Crippen LogP contribution in [0.3, 0.4) is 0 Å². The van der Waals surface area contributed by atoms with Crippen molar-refractivity contribution in [1.29, 1.82) is 0 Å². The van der Waals surface area contributed by atoms with Crippen LogP contribution >= 0.6 is 0 Å². The second-order valence-corrected chi connectivity index (χ2v) is 10.3. The monoisotopic (exact) mass is 514 g/mol. The molecule has 10 nitrogen and oxygen atoms in total. The second-order valence-electron chi connectivity index (χ2n) is 8.46. The summed E-state index contributed by atoms with van der Waals surface area (Å²) in [5, 5.41) is 7.40. The standard InChI is InChI=1S/C25H19FN8O2S/c1-37(35,36)29-13-14-10-15(12-16(26)11-14)17-7-9-28-24-21(17)31-25(32-24)23-22-20(33-34-23)6-5-19(30-22)18-4-2-3-8-27-18/h2-12,29H,13H2,1H3,(H,33,34)(H,28,31,32). The summed E-state index contributed by atoms with van der Waals surface area (Å²) in [5.41, 5.74) is 5.98. The summed E-state index contributed by atoms with van der Waals surface area (Å²) < 4.78 is 39.8. The highest BCUT2D eigenvalue weighted by Crippen LogP contribution is 2.31. The molecule has 0 aliphatic heterocycles. The maximum atomic E-state index is 14.5. The van der Waals surface area contributed by atoms with Gasteiger partial charge < -0.3 is 4.98 Å². The van der Waals surface area contributed by atoms with Crippen LogP contribution in [0.25, 0.3) is 56.2 Å². The summed E-state index contributed by atoms with van der Waals surface area (Å²) >= 11 is 0. The Morgan fingerprint density at radius 3 is 2.68 bits per heavy atom. The van der Waals surface area contributed by atoms with Gasteiger partial charge in [-0.25, -0.2) is 32.5 Å². The minimum absolute atomic E-state index is 0.0322. The Morgan fingerprint density at radius 1 is 0.973 bits per heavy atom. The molecule has 0 radical (unpaired) electrons. The quantitative estimate of drug-likeness (QED) is 0.307. The van der Waals surface area contributed by atoms with E-state index in [1.54, 1.807) is 24.5 Å². The Labute approximate surface area is 210 Å². The Bertz CT molecular complexity index is 1880. The number of aromatic nitrogens is 7. The van der Waals surface area contributed by atoms with Crippen LogP contribution < -0.4 is 4.72 Å². The van der Waals surface area contributed by atoms with E-state index < -0.39 is 15.8 Å². The number of hydrogen-bond acceptors (Lipinski definition) is 7. The molecule has 6 rings (SSSR count). The first-order valence-corrected chi connectivity index (χ1v) is 13.1. The molecule has 0 bridgehead atoms. The Morgan fingerprint density at radius 2 is 1.86 bits per heavy atom. The molecular weight excluding hydrogens is 495 g/mol. The number of aromatic amines is 2. The number of benzene rings is 1. The maximum Gasteiger partial charge on any atom is 0.209 e. The van der Waals surface area contributed by atoms with Crippen molar-refractivity contribution in [1.82, 2.24) is 39.8 Å². The zero-order valence-corrected chi connectivity index (χ0v) is 20.2. The number of nitrogens with zero attached hydrogens (tertiary/aromatic N) is 5. The Hall–Kier alpha value is -4.55. The van der Waals surface area contributed by atoms with Crippen molar-refractivity contribution in [3.63, 3.8) is 0 Å². The van der Waals surface area contributed by atoms with Gasteiger partial charge in [0.2, 0.25) is 10.0 Å². The molecule has 0 saturated carbocycles. The number of fused-ring (bicyclic) bond motifs is 2. The van der Waals surface area contributed by atoms with E-state index in [2.05, 4.69) is 34.9 Å². The topological polar surface area (TPSA) is 142 Å². The third kappa shape index (κ3) is 4.55. The van der Waals surface area contributed by atoms with Gasteiger partial charge in [-0.1, -0.05) is 6.07 Å². The van der Waals surface area contributed by atoms with Crippen molar-refractivity contribution in [2.75, 3.05) is 6.26 Å². The minimum Gasteiger partial charge on any atom is -0.335 e. The first-order chi connectivity index (χ1) is 17.8. The smallest absolute Gasteiger partial charge is 0.209 e. The zero-order valence-electron chi connectivity index (χ0n) is 19.4. The van der Waals surface area contributed by atoms with Crippen LogP contribution in [0.15, 0.2) is 67.0 Å². The van der Waals surface area contributed by atoms with Crippen LogP contribution in [0.2, 0.25) is 0 Å². The number of sulfonamides is 1. The van der Waals surface area contributed by atoms with Crippen LogP contribution in [0.1, 0.15) is 5.56 Å². The summed E-state index contributed by atoms with van der Waals surface area (Å²) in [4.78, 5) is 21.4. The fraction of sp³-hybridized carbons (Fsp3) is 0.0800. The molecule has 0 aliphatic rings. The number of nitrogens with one attached hydrogen (secondary N) is 3. The molecule has 3 N–H and O–H groups in total. The summed E-state index contributed by atoms with van der Waals surface area (Å²) in [6, 6.07) is 15.5. The highest BCUT2D eigenvalue weighted by molar-refractivity contribution is 7.88. The van der Waals surface area contributed by atoms with E-state index in [4.69, 9.17) is 4.98 Å². The highest BCUT2D eigenvalue weighted by Gasteiger charge is 2.18. The van der Waals surface area contributed by atoms with Gasteiger partial charge in [-0.3, -0.25) is 10.1 Å². The highest BCUT2D eigenvalue weighted by atomic mass is 32.2. The minimum atomic E-state index is -3.43. The third-order valence-corrected chi connectivity index (χ3v) is 6.43. The van der Waals surface area contributed by atoms with Crippen LogP contribution in [-0.4, -0.2) is 49.8 Å². The lowest BCUT2D eigenvalue weighted by atomic mass is 10.0. The molecular formula is C25H19FN8O2S. The van der Waals surface area contributed by atoms with E-state index in [0.717, 1.165) is 17.5 Å². The number of H-pyrrole nitrogens is 2. The molecule has 1 aromatic carbocycles. The number of hydrogen-bond donors (Lipinski definition) is 3. The van der Waals surface area contributed by atoms with Gasteiger partial charge in [0.15, 0.2) is 17.2 Å². The van der Waals surface area contributed by atoms with Gasteiger partial charge in [0.25, 0.3) is 0 Å². The van der Waals surface area contributed by atoms with Crippen LogP contribution in [0.5, 0.6) is 0 Å². The lowest BCUT2D eigenvalue weighted by molar-refractivity contribution is 0.586. The Balaban J connectivity index is 1.44. The van der Waals surface area contributed by atoms with Gasteiger partial charge in [0.1, 0.15) is 11.3 Å². The van der Waals surface area contributed by atoms with Crippen molar-refractivity contribution in [3.05, 3.63) is 78.4 Å². The fourth-order valence-corrected chi connectivity index (χ4v) is 4.54. The average molecular weight is 515 g/mol. The molecule has 0 fully saturated rings. The number of pyridine rings is 3. The molecule has 184 valence electrons. The van der Waals surface area contributed by atoms with E-state index in [1.807, 2.05) is 30.3 Å². The van der Waals surface area contributed by atoms with E-state index >= 15 is 0 Å². The molecule has 0 aliphatic carbocycles. The van der Waals surface area contributed by atoms with Crippen molar-refractivity contribution in [2.24, 2.45) is 0 Å². The van der Waals surface area contributed by atoms with Crippen molar-refractivity contribution >= 4 is 32.2 Å². The van der Waals surface area contributed by atoms with Gasteiger partial charge in [0.05, 0.1) is 28.7 Å². The van der Waals surface area contributed by atoms with Crippen LogP contribution in [0.4, 0.5) is 4.39 Å². The zero-order chi connectivity index (χ0) is 25.6. The molecule has 0 atom stereocenters.